The van der Waals surface area contributed by atoms with E-state index in [-0.39, 0.29) is 35.6 Å². The van der Waals surface area contributed by atoms with E-state index in [4.69, 9.17) is 0 Å². The van der Waals surface area contributed by atoms with Crippen LogP contribution in [0.3, 0.4) is 0 Å². The van der Waals surface area contributed by atoms with Crippen molar-refractivity contribution in [2.75, 3.05) is 0 Å². The number of allylic oxidation sites excluding steroid dienone is 4. The predicted molar refractivity (Wildman–Crippen MR) is 181 cm³/mol. The molecule has 0 aromatic heterocycles. The Morgan fingerprint density at radius 1 is 0.659 bits per heavy atom. The van der Waals surface area contributed by atoms with Crippen LogP contribution in [0.15, 0.2) is 121 Å². The number of halogens is 2. The molecule has 0 spiro atoms. The van der Waals surface area contributed by atoms with Crippen LogP contribution >= 0.6 is 0 Å². The van der Waals surface area contributed by atoms with Crippen molar-refractivity contribution in [3.05, 3.63) is 150 Å². The van der Waals surface area contributed by atoms with Gasteiger partial charge in [0.25, 0.3) is 0 Å². The van der Waals surface area contributed by atoms with Gasteiger partial charge >= 0.3 is 50.5 Å². The Kier molecular flexibility index (Phi) is 14.7. The smallest absolute Gasteiger partial charge is 0.109 e. The van der Waals surface area contributed by atoms with Gasteiger partial charge in [-0.2, -0.15) is 6.08 Å². The van der Waals surface area contributed by atoms with E-state index in [2.05, 4.69) is 177 Å². The summed E-state index contributed by atoms with van der Waals surface area (Å²) in [6.45, 7) is 13.7. The van der Waals surface area contributed by atoms with Crippen molar-refractivity contribution >= 4 is 25.4 Å². The molecule has 0 heterocycles. The summed E-state index contributed by atoms with van der Waals surface area (Å²) >= 11 is 2.19. The summed E-state index contributed by atoms with van der Waals surface area (Å²) in [4.78, 5) is 0. The van der Waals surface area contributed by atoms with E-state index >= 15 is 0 Å². The Morgan fingerprint density at radius 3 is 1.39 bits per heavy atom. The van der Waals surface area contributed by atoms with Gasteiger partial charge in [0.05, 0.1) is 0 Å². The van der Waals surface area contributed by atoms with Crippen molar-refractivity contribution in [2.45, 2.75) is 71.6 Å². The number of fused-ring (bicyclic) bond motifs is 3. The first-order valence-corrected chi connectivity index (χ1v) is 16.0. The maximum absolute atomic E-state index is 2.99. The molecule has 0 fully saturated rings. The van der Waals surface area contributed by atoms with Crippen LogP contribution < -0.4 is 24.8 Å². The molecule has 6 rings (SSSR count). The van der Waals surface area contributed by atoms with Crippen molar-refractivity contribution in [1.29, 1.82) is 0 Å². The molecular weight excluding hydrogens is 611 g/mol. The predicted octanol–water partition coefficient (Wildman–Crippen LogP) is 5.20. The average Bonchev–Trinajstić information content (AvgIpc) is 3.73. The fraction of sp³-hybridized carbons (Fsp3) is 0.268. The van der Waals surface area contributed by atoms with E-state index in [0.29, 0.717) is 0 Å². The zero-order valence-corrected chi connectivity index (χ0v) is 30.0. The van der Waals surface area contributed by atoms with Gasteiger partial charge in [0, 0.05) is 10.8 Å². The zero-order valence-electron chi connectivity index (χ0n) is 26.9. The van der Waals surface area contributed by atoms with Crippen LogP contribution in [0.5, 0.6) is 0 Å². The molecule has 1 aliphatic carbocycles. The van der Waals surface area contributed by atoms with Gasteiger partial charge < -0.3 is 24.8 Å². The maximum Gasteiger partial charge on any atom is -0.109 e. The zero-order chi connectivity index (χ0) is 30.2. The number of rotatable bonds is 6. The summed E-state index contributed by atoms with van der Waals surface area (Å²) in [6.07, 6.45) is 12.5. The molecule has 0 aliphatic heterocycles. The Morgan fingerprint density at radius 2 is 1.09 bits per heavy atom. The minimum absolute atomic E-state index is 0. The minimum atomic E-state index is -0.0417. The summed E-state index contributed by atoms with van der Waals surface area (Å²) in [5.41, 5.74) is 5.31. The Bertz CT molecular complexity index is 1550. The van der Waals surface area contributed by atoms with Gasteiger partial charge in [0.1, 0.15) is 0 Å². The number of hydrogen-bond donors (Lipinski definition) is 0. The average molecular weight is 656 g/mol. The third-order valence-corrected chi connectivity index (χ3v) is 9.69. The van der Waals surface area contributed by atoms with Crippen molar-refractivity contribution < 1.29 is 44.8 Å². The van der Waals surface area contributed by atoms with E-state index in [9.17, 15) is 0 Å². The summed E-state index contributed by atoms with van der Waals surface area (Å²) in [5.74, 6) is 0. The molecule has 0 atom stereocenters. The molecule has 0 bridgehead atoms. The van der Waals surface area contributed by atoms with Gasteiger partial charge in [0.2, 0.25) is 0 Å². The maximum atomic E-state index is 2.99. The molecule has 0 saturated carbocycles. The SMILES string of the molecule is CC(C)(c1ccccc1)c1ccc2[cH-]c3ccc(C(C)(C)c4ccccc4)cc3c2c1.CC[C](=[Ti+2])CC.[C-]1=CC=CC1.[Cl-].[Cl-]. The quantitative estimate of drug-likeness (QED) is 0.174. The monoisotopic (exact) mass is 654 g/mol. The molecule has 5 aromatic rings. The van der Waals surface area contributed by atoms with Crippen LogP contribution in [0.4, 0.5) is 0 Å². The fourth-order valence-corrected chi connectivity index (χ4v) is 5.41. The first-order chi connectivity index (χ1) is 20.2. The van der Waals surface area contributed by atoms with Crippen molar-refractivity contribution in [3.8, 4) is 0 Å². The second-order valence-corrected chi connectivity index (χ2v) is 13.1. The van der Waals surface area contributed by atoms with Crippen LogP contribution in [0.1, 0.15) is 83.1 Å². The summed E-state index contributed by atoms with van der Waals surface area (Å²) < 4.78 is 1.59. The second kappa shape index (κ2) is 17.2. The van der Waals surface area contributed by atoms with Crippen LogP contribution in [0, 0.1) is 6.08 Å². The molecule has 0 amide bonds. The second-order valence-electron chi connectivity index (χ2n) is 12.0. The van der Waals surface area contributed by atoms with E-state index in [1.165, 1.54) is 56.6 Å². The molecule has 0 N–H and O–H groups in total. The molecular formula is C41H44Cl2Ti-2. The molecule has 0 saturated heterocycles. The van der Waals surface area contributed by atoms with Gasteiger partial charge in [0.15, 0.2) is 0 Å². The van der Waals surface area contributed by atoms with Gasteiger partial charge in [-0.1, -0.05) is 124 Å². The number of hydrogen-bond acceptors (Lipinski definition) is 0. The normalized spacial score (nSPS) is 12.0. The van der Waals surface area contributed by atoms with Crippen LogP contribution in [-0.4, -0.2) is 3.81 Å². The standard InChI is InChI=1S/C31H29.C5H5.C5H10.2ClH.Ti/c1-30(2,24-11-7-5-8-12-24)26-17-15-22-19-23-16-18-27(21-29(23)28(22)20-26)31(3,4)25-13-9-6-10-14-25;1-2-4-5-3-1;1-3-5-4-2;;;/h5-21H,1-4H3;1-3H,4H2;3-4H2,1-2H3;2*1H;/q2*-1;;;;+2/p-2. The van der Waals surface area contributed by atoms with Crippen molar-refractivity contribution in [3.63, 3.8) is 0 Å². The van der Waals surface area contributed by atoms with Gasteiger partial charge in [-0.15, -0.1) is 46.2 Å². The molecule has 0 radical (unpaired) electrons. The fourth-order valence-electron chi connectivity index (χ4n) is 5.41. The van der Waals surface area contributed by atoms with Crippen LogP contribution in [0.2, 0.25) is 0 Å². The summed E-state index contributed by atoms with van der Waals surface area (Å²) in [7, 11) is 0. The third-order valence-electron chi connectivity index (χ3n) is 8.58. The topological polar surface area (TPSA) is 0 Å². The minimum Gasteiger partial charge on any atom is -1.00 e. The van der Waals surface area contributed by atoms with E-state index in [1.807, 2.05) is 12.2 Å². The summed E-state index contributed by atoms with van der Waals surface area (Å²) in [5, 5.41) is 5.33. The molecule has 0 nitrogen and oxygen atoms in total. The largest absolute Gasteiger partial charge is 1.00 e. The number of benzene rings is 4. The van der Waals surface area contributed by atoms with E-state index in [1.54, 1.807) is 3.81 Å². The molecule has 228 valence electrons. The first-order valence-electron chi connectivity index (χ1n) is 15.2. The first kappa shape index (κ1) is 37.6. The molecule has 5 aromatic carbocycles. The molecule has 44 heavy (non-hydrogen) atoms. The van der Waals surface area contributed by atoms with Gasteiger partial charge in [-0.3, -0.25) is 6.08 Å². The molecule has 1 aliphatic rings. The van der Waals surface area contributed by atoms with Crippen molar-refractivity contribution in [1.82, 2.24) is 0 Å². The van der Waals surface area contributed by atoms with Gasteiger partial charge in [-0.25, -0.2) is 12.2 Å². The Balaban J connectivity index is 0.000000443. The summed E-state index contributed by atoms with van der Waals surface area (Å²) in [6, 6.07) is 37.9. The van der Waals surface area contributed by atoms with E-state index < -0.39 is 0 Å². The molecule has 3 heteroatoms. The third kappa shape index (κ3) is 8.98. The Labute approximate surface area is 289 Å². The van der Waals surface area contributed by atoms with Gasteiger partial charge in [-0.05, 0) is 11.1 Å². The molecule has 0 unspecified atom stereocenters. The van der Waals surface area contributed by atoms with Crippen molar-refractivity contribution in [2.24, 2.45) is 0 Å². The van der Waals surface area contributed by atoms with E-state index in [0.717, 1.165) is 6.42 Å². The van der Waals surface area contributed by atoms with Crippen LogP contribution in [0.25, 0.3) is 21.5 Å². The van der Waals surface area contributed by atoms with Crippen LogP contribution in [-0.2, 0) is 30.8 Å². The Hall–Kier alpha value is -2.61.